The van der Waals surface area contributed by atoms with Gasteiger partial charge in [-0.1, -0.05) is 30.3 Å². The highest BCUT2D eigenvalue weighted by Gasteiger charge is 2.30. The van der Waals surface area contributed by atoms with E-state index in [1.807, 2.05) is 12.1 Å². The number of fused-ring (bicyclic) bond motifs is 3. The lowest BCUT2D eigenvalue weighted by atomic mass is 9.89. The van der Waals surface area contributed by atoms with Crippen molar-refractivity contribution >= 4 is 22.5 Å². The highest BCUT2D eigenvalue weighted by molar-refractivity contribution is 7.98. The maximum absolute atomic E-state index is 14.2. The Morgan fingerprint density at radius 2 is 1.58 bits per heavy atom. The Kier molecular flexibility index (Phi) is 5.81. The van der Waals surface area contributed by atoms with Gasteiger partial charge in [0.05, 0.1) is 0 Å². The fourth-order valence-corrected chi connectivity index (χ4v) is 4.80. The van der Waals surface area contributed by atoms with E-state index in [0.29, 0.717) is 18.2 Å². The van der Waals surface area contributed by atoms with Crippen molar-refractivity contribution in [2.75, 3.05) is 6.26 Å². The van der Waals surface area contributed by atoms with Crippen LogP contribution in [0.2, 0.25) is 0 Å². The number of hydrogen-bond acceptors (Lipinski definition) is 3. The molecular formula is C27H22F3NOS. The molecule has 1 aliphatic heterocycles. The van der Waals surface area contributed by atoms with Crippen LogP contribution in [-0.2, 0) is 12.8 Å². The topological polar surface area (TPSA) is 35.2 Å². The van der Waals surface area contributed by atoms with Crippen LogP contribution in [-0.4, -0.2) is 18.4 Å². The van der Waals surface area contributed by atoms with E-state index in [9.17, 15) is 13.2 Å². The Balaban J connectivity index is 1.47. The summed E-state index contributed by atoms with van der Waals surface area (Å²) in [5.41, 5.74) is 9.69. The zero-order valence-corrected chi connectivity index (χ0v) is 18.8. The summed E-state index contributed by atoms with van der Waals surface area (Å²) in [6, 6.07) is 19.7. The molecule has 2 unspecified atom stereocenters. The van der Waals surface area contributed by atoms with Crippen LogP contribution in [0.25, 0.3) is 21.9 Å². The zero-order chi connectivity index (χ0) is 23.1. The molecule has 0 bridgehead atoms. The van der Waals surface area contributed by atoms with Gasteiger partial charge in [-0.25, -0.2) is 13.2 Å². The predicted octanol–water partition coefficient (Wildman–Crippen LogP) is 6.52. The molecule has 168 valence electrons. The lowest BCUT2D eigenvalue weighted by Crippen LogP contribution is -2.45. The van der Waals surface area contributed by atoms with Gasteiger partial charge in [-0.05, 0) is 70.5 Å². The second kappa shape index (κ2) is 8.76. The molecule has 1 heterocycles. The molecule has 2 atom stereocenters. The fourth-order valence-electron chi connectivity index (χ4n) is 4.39. The van der Waals surface area contributed by atoms with E-state index >= 15 is 0 Å². The van der Waals surface area contributed by atoms with Gasteiger partial charge in [-0.3, -0.25) is 0 Å². The summed E-state index contributed by atoms with van der Waals surface area (Å²) in [6.07, 6.45) is 2.10. The first-order valence-electron chi connectivity index (χ1n) is 10.7. The standard InChI is InChI=1S/C27H22F3NOS/c1-33-19-7-4-15(5-8-19)17-3-2-16-6-9-26-21(20(16)10-17)13-25(31)27(32-26)12-18-11-23(29)24(30)14-22(18)28/h2-11,14,25,27H,12-13,31H2,1H3. The molecule has 0 aromatic heterocycles. The molecular weight excluding hydrogens is 443 g/mol. The molecule has 2 nitrogen and oxygen atoms in total. The molecule has 5 rings (SSSR count). The van der Waals surface area contributed by atoms with E-state index in [0.717, 1.165) is 33.5 Å². The first-order chi connectivity index (χ1) is 15.9. The number of nitrogens with two attached hydrogens (primary N) is 1. The molecule has 1 aliphatic rings. The quantitative estimate of drug-likeness (QED) is 0.275. The van der Waals surface area contributed by atoms with Crippen molar-refractivity contribution in [3.63, 3.8) is 0 Å². The maximum Gasteiger partial charge on any atom is 0.161 e. The van der Waals surface area contributed by atoms with Gasteiger partial charge in [0.15, 0.2) is 11.6 Å². The predicted molar refractivity (Wildman–Crippen MR) is 127 cm³/mol. The van der Waals surface area contributed by atoms with E-state index in [2.05, 4.69) is 48.7 Å². The Bertz CT molecular complexity index is 1340. The van der Waals surface area contributed by atoms with Crippen molar-refractivity contribution < 1.29 is 17.9 Å². The summed E-state index contributed by atoms with van der Waals surface area (Å²) >= 11 is 1.70. The Hall–Kier alpha value is -2.96. The summed E-state index contributed by atoms with van der Waals surface area (Å²) in [5.74, 6) is -2.40. The van der Waals surface area contributed by atoms with Crippen LogP contribution in [0.3, 0.4) is 0 Å². The van der Waals surface area contributed by atoms with Crippen molar-refractivity contribution in [3.05, 3.63) is 95.3 Å². The Morgan fingerprint density at radius 3 is 2.33 bits per heavy atom. The molecule has 33 heavy (non-hydrogen) atoms. The molecule has 0 radical (unpaired) electrons. The maximum atomic E-state index is 14.2. The van der Waals surface area contributed by atoms with Crippen LogP contribution >= 0.6 is 11.8 Å². The highest BCUT2D eigenvalue weighted by Crippen LogP contribution is 2.37. The summed E-state index contributed by atoms with van der Waals surface area (Å²) in [7, 11) is 0. The lowest BCUT2D eigenvalue weighted by molar-refractivity contribution is 0.151. The number of halogens is 3. The largest absolute Gasteiger partial charge is 0.488 e. The third-order valence-corrected chi connectivity index (χ3v) is 6.96. The zero-order valence-electron chi connectivity index (χ0n) is 17.9. The lowest BCUT2D eigenvalue weighted by Gasteiger charge is -2.32. The number of ether oxygens (including phenoxy) is 1. The molecule has 0 amide bonds. The summed E-state index contributed by atoms with van der Waals surface area (Å²) in [6.45, 7) is 0. The summed E-state index contributed by atoms with van der Waals surface area (Å²) < 4.78 is 47.2. The van der Waals surface area contributed by atoms with Gasteiger partial charge < -0.3 is 10.5 Å². The third kappa shape index (κ3) is 4.21. The number of thioether (sulfide) groups is 1. The van der Waals surface area contributed by atoms with Crippen LogP contribution in [0.1, 0.15) is 11.1 Å². The van der Waals surface area contributed by atoms with E-state index in [-0.39, 0.29) is 12.0 Å². The molecule has 4 aromatic carbocycles. The molecule has 0 fully saturated rings. The van der Waals surface area contributed by atoms with Crippen molar-refractivity contribution in [1.29, 1.82) is 0 Å². The van der Waals surface area contributed by atoms with E-state index < -0.39 is 29.6 Å². The van der Waals surface area contributed by atoms with Crippen LogP contribution in [0, 0.1) is 17.5 Å². The summed E-state index contributed by atoms with van der Waals surface area (Å²) in [4.78, 5) is 1.21. The smallest absolute Gasteiger partial charge is 0.161 e. The molecule has 4 aromatic rings. The minimum absolute atomic E-state index is 0.0505. The minimum Gasteiger partial charge on any atom is -0.488 e. The van der Waals surface area contributed by atoms with Gasteiger partial charge in [0, 0.05) is 29.0 Å². The van der Waals surface area contributed by atoms with Crippen LogP contribution in [0.4, 0.5) is 13.2 Å². The van der Waals surface area contributed by atoms with Gasteiger partial charge in [0.25, 0.3) is 0 Å². The second-order valence-corrected chi connectivity index (χ2v) is 9.17. The fraction of sp³-hybridized carbons (Fsp3) is 0.185. The highest BCUT2D eigenvalue weighted by atomic mass is 32.2. The second-order valence-electron chi connectivity index (χ2n) is 8.29. The molecule has 0 saturated heterocycles. The molecule has 0 aliphatic carbocycles. The Morgan fingerprint density at radius 1 is 0.879 bits per heavy atom. The van der Waals surface area contributed by atoms with Crippen LogP contribution in [0.15, 0.2) is 71.6 Å². The monoisotopic (exact) mass is 465 g/mol. The normalized spacial score (nSPS) is 17.6. The van der Waals surface area contributed by atoms with Gasteiger partial charge in [0.2, 0.25) is 0 Å². The van der Waals surface area contributed by atoms with Gasteiger partial charge >= 0.3 is 0 Å². The van der Waals surface area contributed by atoms with Gasteiger partial charge in [-0.15, -0.1) is 11.8 Å². The number of hydrogen-bond donors (Lipinski definition) is 1. The van der Waals surface area contributed by atoms with E-state index in [4.69, 9.17) is 10.5 Å². The molecule has 2 N–H and O–H groups in total. The molecule has 6 heteroatoms. The van der Waals surface area contributed by atoms with Crippen molar-refractivity contribution in [2.45, 2.75) is 29.9 Å². The SMILES string of the molecule is CSc1ccc(-c2ccc3ccc4c(c3c2)CC(N)C(Cc2cc(F)c(F)cc2F)O4)cc1. The average Bonchev–Trinajstić information content (AvgIpc) is 2.82. The van der Waals surface area contributed by atoms with Crippen molar-refractivity contribution in [1.82, 2.24) is 0 Å². The molecule has 0 saturated carbocycles. The minimum atomic E-state index is -1.21. The number of benzene rings is 4. The van der Waals surface area contributed by atoms with Gasteiger partial charge in [0.1, 0.15) is 17.7 Å². The van der Waals surface area contributed by atoms with Crippen LogP contribution < -0.4 is 10.5 Å². The average molecular weight is 466 g/mol. The van der Waals surface area contributed by atoms with Crippen molar-refractivity contribution in [2.24, 2.45) is 5.73 Å². The first-order valence-corrected chi connectivity index (χ1v) is 11.9. The Labute approximate surface area is 194 Å². The first kappa shape index (κ1) is 21.9. The van der Waals surface area contributed by atoms with E-state index in [1.165, 1.54) is 4.90 Å². The van der Waals surface area contributed by atoms with Crippen LogP contribution in [0.5, 0.6) is 5.75 Å². The van der Waals surface area contributed by atoms with Gasteiger partial charge in [-0.2, -0.15) is 0 Å². The van der Waals surface area contributed by atoms with E-state index in [1.54, 1.807) is 11.8 Å². The molecule has 0 spiro atoms. The van der Waals surface area contributed by atoms with Crippen molar-refractivity contribution in [3.8, 4) is 16.9 Å². The number of rotatable bonds is 4. The third-order valence-electron chi connectivity index (χ3n) is 6.22. The summed E-state index contributed by atoms with van der Waals surface area (Å²) in [5, 5.41) is 2.14.